The maximum absolute atomic E-state index is 8.90. The second kappa shape index (κ2) is 3.35. The third-order valence-corrected chi connectivity index (χ3v) is 2.61. The lowest BCUT2D eigenvalue weighted by atomic mass is 9.74. The first-order valence-corrected chi connectivity index (χ1v) is 4.11. The fourth-order valence-electron chi connectivity index (χ4n) is 1.66. The van der Waals surface area contributed by atoms with Crippen LogP contribution in [0, 0.1) is 11.8 Å². The summed E-state index contributed by atoms with van der Waals surface area (Å²) in [5.41, 5.74) is 0. The summed E-state index contributed by atoms with van der Waals surface area (Å²) >= 11 is 0. The number of hydrogen-bond donors (Lipinski definition) is 2. The topological polar surface area (TPSA) is 40.5 Å². The monoisotopic (exact) mass is 144 g/mol. The zero-order valence-electron chi connectivity index (χ0n) is 6.45. The molecule has 0 aromatic heterocycles. The summed E-state index contributed by atoms with van der Waals surface area (Å²) in [7, 11) is 0. The molecule has 0 bridgehead atoms. The summed E-state index contributed by atoms with van der Waals surface area (Å²) in [6.45, 7) is 2.02. The van der Waals surface area contributed by atoms with Crippen molar-refractivity contribution in [2.45, 2.75) is 38.9 Å². The second-order valence-electron chi connectivity index (χ2n) is 3.18. The fourth-order valence-corrected chi connectivity index (χ4v) is 1.66. The van der Waals surface area contributed by atoms with Crippen LogP contribution in [0.3, 0.4) is 0 Å². The van der Waals surface area contributed by atoms with Gasteiger partial charge in [-0.2, -0.15) is 0 Å². The van der Waals surface area contributed by atoms with Gasteiger partial charge in [-0.1, -0.05) is 13.3 Å². The van der Waals surface area contributed by atoms with Gasteiger partial charge in [-0.25, -0.2) is 0 Å². The minimum atomic E-state index is -1.09. The van der Waals surface area contributed by atoms with E-state index < -0.39 is 6.29 Å². The average molecular weight is 144 g/mol. The minimum Gasteiger partial charge on any atom is -0.368 e. The van der Waals surface area contributed by atoms with Gasteiger partial charge in [0.1, 0.15) is 0 Å². The maximum atomic E-state index is 8.90. The largest absolute Gasteiger partial charge is 0.368 e. The smallest absolute Gasteiger partial charge is 0.154 e. The molecule has 10 heavy (non-hydrogen) atoms. The molecule has 2 heteroatoms. The van der Waals surface area contributed by atoms with Gasteiger partial charge in [-0.05, 0) is 25.2 Å². The van der Waals surface area contributed by atoms with Crippen molar-refractivity contribution in [3.05, 3.63) is 0 Å². The molecule has 1 rings (SSSR count). The van der Waals surface area contributed by atoms with Crippen molar-refractivity contribution in [3.8, 4) is 0 Å². The number of rotatable bonds is 3. The van der Waals surface area contributed by atoms with Crippen LogP contribution < -0.4 is 0 Å². The number of aliphatic hydroxyl groups is 2. The number of aliphatic hydroxyl groups excluding tert-OH is 1. The van der Waals surface area contributed by atoms with Crippen LogP contribution >= 0.6 is 0 Å². The van der Waals surface area contributed by atoms with Crippen molar-refractivity contribution < 1.29 is 10.2 Å². The number of hydrogen-bond acceptors (Lipinski definition) is 2. The highest BCUT2D eigenvalue weighted by atomic mass is 16.5. The molecule has 0 heterocycles. The molecule has 0 aromatic carbocycles. The van der Waals surface area contributed by atoms with Gasteiger partial charge in [0.25, 0.3) is 0 Å². The highest BCUT2D eigenvalue weighted by Gasteiger charge is 2.29. The Kier molecular flexibility index (Phi) is 2.69. The molecule has 0 spiro atoms. The molecule has 0 amide bonds. The van der Waals surface area contributed by atoms with E-state index in [9.17, 15) is 0 Å². The molecule has 0 saturated heterocycles. The molecule has 1 aliphatic carbocycles. The van der Waals surface area contributed by atoms with Crippen LogP contribution in [0.1, 0.15) is 32.6 Å². The maximum Gasteiger partial charge on any atom is 0.154 e. The van der Waals surface area contributed by atoms with Crippen LogP contribution in [0.25, 0.3) is 0 Å². The lowest BCUT2D eigenvalue weighted by Gasteiger charge is -2.34. The lowest BCUT2D eigenvalue weighted by molar-refractivity contribution is -0.111. The summed E-state index contributed by atoms with van der Waals surface area (Å²) in [5, 5.41) is 17.8. The van der Waals surface area contributed by atoms with E-state index in [0.717, 1.165) is 6.42 Å². The van der Waals surface area contributed by atoms with E-state index in [0.29, 0.717) is 5.92 Å². The quantitative estimate of drug-likeness (QED) is 0.583. The molecule has 0 radical (unpaired) electrons. The van der Waals surface area contributed by atoms with Crippen LogP contribution in [-0.4, -0.2) is 16.5 Å². The summed E-state index contributed by atoms with van der Waals surface area (Å²) in [5.74, 6) is 0.721. The fraction of sp³-hybridized carbons (Fsp3) is 1.00. The normalized spacial score (nSPS) is 22.8. The molecular weight excluding hydrogens is 128 g/mol. The average Bonchev–Trinajstić information content (AvgIpc) is 1.76. The standard InChI is InChI=1S/C8H16O2/c1-2-7(8(9)10)6-4-3-5-6/h6-10H,2-5H2,1H3. The molecule has 2 N–H and O–H groups in total. The molecule has 1 atom stereocenters. The van der Waals surface area contributed by atoms with Crippen LogP contribution in [0.4, 0.5) is 0 Å². The van der Waals surface area contributed by atoms with E-state index >= 15 is 0 Å². The SMILES string of the molecule is CCC(C(O)O)C1CCC1. The Morgan fingerprint density at radius 1 is 1.40 bits per heavy atom. The highest BCUT2D eigenvalue weighted by molar-refractivity contribution is 4.77. The second-order valence-corrected chi connectivity index (χ2v) is 3.18. The van der Waals surface area contributed by atoms with Crippen LogP contribution in [0.2, 0.25) is 0 Å². The summed E-state index contributed by atoms with van der Waals surface area (Å²) in [6, 6.07) is 0. The summed E-state index contributed by atoms with van der Waals surface area (Å²) in [4.78, 5) is 0. The van der Waals surface area contributed by atoms with Crippen LogP contribution in [0.5, 0.6) is 0 Å². The van der Waals surface area contributed by atoms with Crippen LogP contribution in [-0.2, 0) is 0 Å². The van der Waals surface area contributed by atoms with Crippen molar-refractivity contribution in [2.75, 3.05) is 0 Å². The third kappa shape index (κ3) is 1.50. The Hall–Kier alpha value is -0.0800. The van der Waals surface area contributed by atoms with E-state index in [1.54, 1.807) is 0 Å². The van der Waals surface area contributed by atoms with E-state index in [2.05, 4.69) is 0 Å². The summed E-state index contributed by atoms with van der Waals surface area (Å²) in [6.07, 6.45) is 3.46. The molecule has 1 aliphatic rings. The van der Waals surface area contributed by atoms with E-state index in [1.165, 1.54) is 19.3 Å². The van der Waals surface area contributed by atoms with Crippen molar-refractivity contribution in [1.82, 2.24) is 0 Å². The molecule has 1 saturated carbocycles. The van der Waals surface area contributed by atoms with Crippen LogP contribution in [0.15, 0.2) is 0 Å². The predicted molar refractivity (Wildman–Crippen MR) is 39.3 cm³/mol. The predicted octanol–water partition coefficient (Wildman–Crippen LogP) is 1.12. The molecule has 1 unspecified atom stereocenters. The van der Waals surface area contributed by atoms with Gasteiger partial charge >= 0.3 is 0 Å². The first kappa shape index (κ1) is 8.02. The highest BCUT2D eigenvalue weighted by Crippen LogP contribution is 2.36. The first-order valence-electron chi connectivity index (χ1n) is 4.11. The van der Waals surface area contributed by atoms with Crippen molar-refractivity contribution >= 4 is 0 Å². The third-order valence-electron chi connectivity index (χ3n) is 2.61. The molecular formula is C8H16O2. The van der Waals surface area contributed by atoms with Gasteiger partial charge in [0, 0.05) is 5.92 Å². The van der Waals surface area contributed by atoms with Crippen molar-refractivity contribution in [3.63, 3.8) is 0 Å². The van der Waals surface area contributed by atoms with E-state index in [-0.39, 0.29) is 5.92 Å². The Bertz CT molecular complexity index is 97.4. The Morgan fingerprint density at radius 3 is 2.10 bits per heavy atom. The lowest BCUT2D eigenvalue weighted by Crippen LogP contribution is -2.31. The van der Waals surface area contributed by atoms with E-state index in [4.69, 9.17) is 10.2 Å². The Labute approximate surface area is 61.9 Å². The van der Waals surface area contributed by atoms with Gasteiger partial charge in [-0.3, -0.25) is 0 Å². The zero-order chi connectivity index (χ0) is 7.56. The molecule has 60 valence electrons. The van der Waals surface area contributed by atoms with E-state index in [1.807, 2.05) is 6.92 Å². The Morgan fingerprint density at radius 2 is 2.00 bits per heavy atom. The van der Waals surface area contributed by atoms with Crippen molar-refractivity contribution in [1.29, 1.82) is 0 Å². The van der Waals surface area contributed by atoms with Gasteiger partial charge in [-0.15, -0.1) is 0 Å². The summed E-state index contributed by atoms with van der Waals surface area (Å²) < 4.78 is 0. The van der Waals surface area contributed by atoms with Gasteiger partial charge < -0.3 is 10.2 Å². The van der Waals surface area contributed by atoms with Gasteiger partial charge in [0.15, 0.2) is 6.29 Å². The Balaban J connectivity index is 2.31. The first-order chi connectivity index (χ1) is 4.75. The zero-order valence-corrected chi connectivity index (χ0v) is 6.45. The van der Waals surface area contributed by atoms with Gasteiger partial charge in [0.2, 0.25) is 0 Å². The molecule has 0 aromatic rings. The van der Waals surface area contributed by atoms with Crippen molar-refractivity contribution in [2.24, 2.45) is 11.8 Å². The molecule has 1 fully saturated rings. The minimum absolute atomic E-state index is 0.133. The van der Waals surface area contributed by atoms with Gasteiger partial charge in [0.05, 0.1) is 0 Å². The molecule has 0 aliphatic heterocycles. The molecule has 2 nitrogen and oxygen atoms in total.